The fraction of sp³-hybridized carbons (Fsp3) is 0.500. The summed E-state index contributed by atoms with van der Waals surface area (Å²) < 4.78 is 5.40. The summed E-state index contributed by atoms with van der Waals surface area (Å²) >= 11 is 1.67. The first kappa shape index (κ1) is 29.2. The average molecular weight is 550 g/mol. The van der Waals surface area contributed by atoms with Gasteiger partial charge in [0.15, 0.2) is 0 Å². The Morgan fingerprint density at radius 2 is 1.74 bits per heavy atom. The van der Waals surface area contributed by atoms with Crippen LogP contribution in [0, 0.1) is 0 Å². The van der Waals surface area contributed by atoms with Gasteiger partial charge in [-0.2, -0.15) is 0 Å². The first-order valence-electron chi connectivity index (χ1n) is 14.4. The molecule has 3 aromatic rings. The molecule has 1 amide bonds. The number of aromatic amines is 1. The van der Waals surface area contributed by atoms with Gasteiger partial charge in [0.2, 0.25) is 5.91 Å². The number of ether oxygens (including phenoxy) is 1. The molecule has 0 radical (unpaired) electrons. The summed E-state index contributed by atoms with van der Waals surface area (Å²) in [5.41, 5.74) is 3.95. The minimum atomic E-state index is -0.453. The first-order valence-corrected chi connectivity index (χ1v) is 15.2. The van der Waals surface area contributed by atoms with Gasteiger partial charge in [-0.25, -0.2) is 0 Å². The van der Waals surface area contributed by atoms with Crippen molar-refractivity contribution >= 4 is 34.5 Å². The standard InChI is InChI=1S/C32H43N3O3S/c1-5-6-7-12-21-35(22-20-33-19-13-18-27(36)38-32(2,3)4)31(37)30-28-23-14-8-10-16-25(23)34-29(28)24-15-9-11-17-26(24)39-30/h8-11,14-17,30,33-34H,5-7,12-13,18-22H2,1-4H3. The van der Waals surface area contributed by atoms with E-state index < -0.39 is 5.60 Å². The van der Waals surface area contributed by atoms with Gasteiger partial charge in [-0.15, -0.1) is 11.8 Å². The molecule has 7 heteroatoms. The van der Waals surface area contributed by atoms with E-state index in [9.17, 15) is 9.59 Å². The summed E-state index contributed by atoms with van der Waals surface area (Å²) in [5, 5.41) is 4.27. The number of carbonyl (C=O) groups excluding carboxylic acids is 2. The van der Waals surface area contributed by atoms with Gasteiger partial charge in [-0.05, 0) is 52.3 Å². The van der Waals surface area contributed by atoms with Crippen molar-refractivity contribution in [3.63, 3.8) is 0 Å². The monoisotopic (exact) mass is 549 g/mol. The SMILES string of the molecule is CCCCCCN(CCNCCCC(=O)OC(C)(C)C)C(=O)C1Sc2ccccc2-c2[nH]c3ccccc3c21. The van der Waals surface area contributed by atoms with Gasteiger partial charge < -0.3 is 19.9 Å². The lowest BCUT2D eigenvalue weighted by Gasteiger charge is -2.30. The molecule has 0 saturated heterocycles. The van der Waals surface area contributed by atoms with E-state index in [2.05, 4.69) is 47.6 Å². The zero-order valence-electron chi connectivity index (χ0n) is 23.8. The number of carbonyl (C=O) groups is 2. The highest BCUT2D eigenvalue weighted by atomic mass is 32.2. The Bertz CT molecular complexity index is 1260. The van der Waals surface area contributed by atoms with E-state index in [1.54, 1.807) is 11.8 Å². The largest absolute Gasteiger partial charge is 0.460 e. The highest BCUT2D eigenvalue weighted by Crippen LogP contribution is 2.51. The minimum absolute atomic E-state index is 0.166. The summed E-state index contributed by atoms with van der Waals surface area (Å²) in [6, 6.07) is 16.7. The predicted molar refractivity (Wildman–Crippen MR) is 161 cm³/mol. The molecule has 0 bridgehead atoms. The van der Waals surface area contributed by atoms with E-state index in [0.29, 0.717) is 25.9 Å². The summed E-state index contributed by atoms with van der Waals surface area (Å²) in [5.74, 6) is 0.00808. The van der Waals surface area contributed by atoms with Crippen molar-refractivity contribution in [1.29, 1.82) is 0 Å². The van der Waals surface area contributed by atoms with Crippen LogP contribution in [0.4, 0.5) is 0 Å². The number of H-pyrrole nitrogens is 1. The minimum Gasteiger partial charge on any atom is -0.460 e. The molecule has 0 fully saturated rings. The van der Waals surface area contributed by atoms with E-state index in [0.717, 1.165) is 53.0 Å². The van der Waals surface area contributed by atoms with Crippen LogP contribution in [-0.4, -0.2) is 53.5 Å². The fourth-order valence-electron chi connectivity index (χ4n) is 5.10. The average Bonchev–Trinajstić information content (AvgIpc) is 3.30. The van der Waals surface area contributed by atoms with Crippen LogP contribution in [0.2, 0.25) is 0 Å². The molecule has 1 unspecified atom stereocenters. The van der Waals surface area contributed by atoms with E-state index in [-0.39, 0.29) is 17.1 Å². The summed E-state index contributed by atoms with van der Waals surface area (Å²) in [7, 11) is 0. The fourth-order valence-corrected chi connectivity index (χ4v) is 6.42. The van der Waals surface area contributed by atoms with Crippen LogP contribution in [0.3, 0.4) is 0 Å². The second kappa shape index (κ2) is 13.5. The molecule has 1 atom stereocenters. The summed E-state index contributed by atoms with van der Waals surface area (Å²) in [4.78, 5) is 33.0. The van der Waals surface area contributed by atoms with Gasteiger partial charge in [0.25, 0.3) is 0 Å². The summed E-state index contributed by atoms with van der Waals surface area (Å²) in [6.45, 7) is 10.7. The number of unbranched alkanes of at least 4 members (excludes halogenated alkanes) is 3. The maximum atomic E-state index is 14.2. The van der Waals surface area contributed by atoms with E-state index in [4.69, 9.17) is 4.74 Å². The number of fused-ring (bicyclic) bond motifs is 5. The molecule has 0 spiro atoms. The predicted octanol–water partition coefficient (Wildman–Crippen LogP) is 7.10. The number of esters is 1. The van der Waals surface area contributed by atoms with Crippen LogP contribution in [0.15, 0.2) is 53.4 Å². The quantitative estimate of drug-likeness (QED) is 0.176. The number of benzene rings is 2. The molecule has 39 heavy (non-hydrogen) atoms. The highest BCUT2D eigenvalue weighted by molar-refractivity contribution is 8.00. The maximum Gasteiger partial charge on any atom is 0.306 e. The van der Waals surface area contributed by atoms with Gasteiger partial charge in [0.1, 0.15) is 10.9 Å². The highest BCUT2D eigenvalue weighted by Gasteiger charge is 2.35. The number of rotatable bonds is 13. The molecular weight excluding hydrogens is 506 g/mol. The van der Waals surface area contributed by atoms with Crippen molar-refractivity contribution in [1.82, 2.24) is 15.2 Å². The normalized spacial score (nSPS) is 14.6. The van der Waals surface area contributed by atoms with E-state index >= 15 is 0 Å². The molecule has 1 aromatic heterocycles. The Balaban J connectivity index is 1.45. The molecule has 1 aliphatic heterocycles. The molecule has 6 nitrogen and oxygen atoms in total. The molecule has 2 aromatic carbocycles. The van der Waals surface area contributed by atoms with Crippen molar-refractivity contribution in [2.45, 2.75) is 82.0 Å². The smallest absolute Gasteiger partial charge is 0.306 e. The van der Waals surface area contributed by atoms with Crippen LogP contribution in [0.5, 0.6) is 0 Å². The molecule has 0 saturated carbocycles. The molecular formula is C32H43N3O3S. The molecule has 210 valence electrons. The van der Waals surface area contributed by atoms with Crippen LogP contribution in [0.1, 0.15) is 77.0 Å². The Morgan fingerprint density at radius 3 is 2.54 bits per heavy atom. The number of hydrogen-bond acceptors (Lipinski definition) is 5. The van der Waals surface area contributed by atoms with Gasteiger partial charge >= 0.3 is 5.97 Å². The molecule has 2 heterocycles. The number of thioether (sulfide) groups is 1. The first-order chi connectivity index (χ1) is 18.8. The van der Waals surface area contributed by atoms with Crippen LogP contribution < -0.4 is 5.32 Å². The zero-order valence-corrected chi connectivity index (χ0v) is 24.7. The number of aromatic nitrogens is 1. The lowest BCUT2D eigenvalue weighted by Crippen LogP contribution is -2.40. The van der Waals surface area contributed by atoms with Gasteiger partial charge in [-0.3, -0.25) is 9.59 Å². The van der Waals surface area contributed by atoms with Gasteiger partial charge in [0.05, 0.1) is 5.69 Å². The van der Waals surface area contributed by atoms with Crippen LogP contribution >= 0.6 is 11.8 Å². The molecule has 4 rings (SSSR count). The number of nitrogens with zero attached hydrogens (tertiary/aromatic N) is 1. The van der Waals surface area contributed by atoms with Crippen molar-refractivity contribution in [2.24, 2.45) is 0 Å². The molecule has 1 aliphatic rings. The van der Waals surface area contributed by atoms with Gasteiger partial charge in [-0.1, -0.05) is 62.6 Å². The topological polar surface area (TPSA) is 74.4 Å². The third kappa shape index (κ3) is 7.67. The number of amides is 1. The van der Waals surface area contributed by atoms with Crippen molar-refractivity contribution < 1.29 is 14.3 Å². The third-order valence-corrected chi connectivity index (χ3v) is 8.22. The maximum absolute atomic E-state index is 14.2. The second-order valence-electron chi connectivity index (χ2n) is 11.3. The number of nitrogens with one attached hydrogen (secondary N) is 2. The van der Waals surface area contributed by atoms with E-state index in [1.807, 2.05) is 43.9 Å². The Labute approximate surface area is 237 Å². The Kier molecular flexibility index (Phi) is 10.1. The van der Waals surface area contributed by atoms with E-state index in [1.165, 1.54) is 18.4 Å². The number of hydrogen-bond donors (Lipinski definition) is 2. The van der Waals surface area contributed by atoms with Crippen LogP contribution in [-0.2, 0) is 14.3 Å². The Hall–Kier alpha value is -2.77. The van der Waals surface area contributed by atoms with Crippen molar-refractivity contribution in [3.05, 3.63) is 54.1 Å². The second-order valence-corrected chi connectivity index (χ2v) is 12.4. The van der Waals surface area contributed by atoms with Crippen LogP contribution in [0.25, 0.3) is 22.2 Å². The summed E-state index contributed by atoms with van der Waals surface area (Å²) in [6.07, 6.45) is 5.60. The number of para-hydroxylation sites is 1. The third-order valence-electron chi connectivity index (χ3n) is 6.94. The van der Waals surface area contributed by atoms with Crippen molar-refractivity contribution in [3.8, 4) is 11.3 Å². The lowest BCUT2D eigenvalue weighted by molar-refractivity contribution is -0.154. The van der Waals surface area contributed by atoms with Crippen molar-refractivity contribution in [2.75, 3.05) is 26.2 Å². The van der Waals surface area contributed by atoms with Gasteiger partial charge in [0, 0.05) is 53.0 Å². The Morgan fingerprint density at radius 1 is 0.974 bits per heavy atom. The lowest BCUT2D eigenvalue weighted by atomic mass is 10.0. The zero-order chi connectivity index (χ0) is 27.8. The molecule has 2 N–H and O–H groups in total. The molecule has 0 aliphatic carbocycles.